The van der Waals surface area contributed by atoms with Crippen molar-refractivity contribution >= 4 is 11.7 Å². The topological polar surface area (TPSA) is 71.8 Å². The quantitative estimate of drug-likeness (QED) is 0.876. The molecule has 4 atom stereocenters. The Morgan fingerprint density at radius 2 is 2.37 bits per heavy atom. The van der Waals surface area contributed by atoms with Gasteiger partial charge in [-0.2, -0.15) is 0 Å². The zero-order valence-corrected chi connectivity index (χ0v) is 10.3. The number of carboxylic acid groups (broad SMARTS) is 1. The van der Waals surface area contributed by atoms with E-state index in [0.717, 1.165) is 30.5 Å². The molecule has 1 aromatic rings. The summed E-state index contributed by atoms with van der Waals surface area (Å²) in [6.45, 7) is 0. The van der Waals surface area contributed by atoms with Gasteiger partial charge in [0.15, 0.2) is 0 Å². The van der Waals surface area contributed by atoms with Crippen LogP contribution in [0.3, 0.4) is 0 Å². The third-order valence-electron chi connectivity index (χ3n) is 4.89. The number of oxime groups is 1. The van der Waals surface area contributed by atoms with Crippen molar-refractivity contribution in [3.05, 3.63) is 30.1 Å². The Kier molecular flexibility index (Phi) is 2.05. The summed E-state index contributed by atoms with van der Waals surface area (Å²) >= 11 is 0. The molecule has 0 spiro atoms. The van der Waals surface area contributed by atoms with Crippen LogP contribution in [0.25, 0.3) is 0 Å². The highest BCUT2D eigenvalue weighted by Gasteiger charge is 2.69. The Hall–Kier alpha value is -1.91. The summed E-state index contributed by atoms with van der Waals surface area (Å²) < 4.78 is 0. The Morgan fingerprint density at radius 1 is 1.47 bits per heavy atom. The molecule has 2 aliphatic carbocycles. The Balaban J connectivity index is 1.80. The van der Waals surface area contributed by atoms with Gasteiger partial charge in [0.2, 0.25) is 5.60 Å². The molecule has 3 unspecified atom stereocenters. The molecule has 3 aliphatic rings. The van der Waals surface area contributed by atoms with Gasteiger partial charge in [0, 0.05) is 23.9 Å². The monoisotopic (exact) mass is 258 g/mol. The fourth-order valence-corrected chi connectivity index (χ4v) is 4.15. The normalized spacial score (nSPS) is 38.7. The first-order valence-electron chi connectivity index (χ1n) is 6.63. The number of aliphatic carboxylic acids is 1. The van der Waals surface area contributed by atoms with E-state index in [1.165, 1.54) is 0 Å². The molecule has 1 aliphatic heterocycles. The number of carboxylic acids is 1. The summed E-state index contributed by atoms with van der Waals surface area (Å²) in [4.78, 5) is 21.3. The minimum absolute atomic E-state index is 0.0953. The summed E-state index contributed by atoms with van der Waals surface area (Å²) in [5.41, 5.74) is 0.527. The second-order valence-corrected chi connectivity index (χ2v) is 5.66. The lowest BCUT2D eigenvalue weighted by Gasteiger charge is -2.32. The molecule has 0 radical (unpaired) electrons. The van der Waals surface area contributed by atoms with Gasteiger partial charge in [0.05, 0.1) is 11.6 Å². The van der Waals surface area contributed by atoms with E-state index in [2.05, 4.69) is 10.1 Å². The zero-order valence-electron chi connectivity index (χ0n) is 10.3. The lowest BCUT2D eigenvalue weighted by atomic mass is 9.72. The lowest BCUT2D eigenvalue weighted by molar-refractivity contribution is -0.173. The number of hydrogen-bond acceptors (Lipinski definition) is 4. The van der Waals surface area contributed by atoms with Crippen molar-refractivity contribution in [2.45, 2.75) is 24.9 Å². The van der Waals surface area contributed by atoms with E-state index in [1.807, 2.05) is 12.1 Å². The number of aromatic nitrogens is 1. The Morgan fingerprint density at radius 3 is 3.11 bits per heavy atom. The Labute approximate surface area is 110 Å². The molecule has 0 saturated heterocycles. The average molecular weight is 258 g/mol. The van der Waals surface area contributed by atoms with Crippen molar-refractivity contribution < 1.29 is 14.7 Å². The standard InChI is InChI=1S/C14H14N2O3/c17-13(18)14-10-4-3-8(6-10)11(14)12(16-19-14)9-2-1-5-15-7-9/h1-2,5,7-8,10-11H,3-4,6H2,(H,17,18)/t8?,10?,11?,14-/m1/s1. The van der Waals surface area contributed by atoms with Crippen molar-refractivity contribution in [1.29, 1.82) is 0 Å². The van der Waals surface area contributed by atoms with Crippen molar-refractivity contribution in [1.82, 2.24) is 4.98 Å². The van der Waals surface area contributed by atoms with Crippen LogP contribution in [0.2, 0.25) is 0 Å². The molecule has 5 heteroatoms. The maximum atomic E-state index is 11.8. The summed E-state index contributed by atoms with van der Waals surface area (Å²) in [5.74, 6) is -0.513. The fraction of sp³-hybridized carbons (Fsp3) is 0.500. The van der Waals surface area contributed by atoms with E-state index in [-0.39, 0.29) is 11.8 Å². The largest absolute Gasteiger partial charge is 0.478 e. The van der Waals surface area contributed by atoms with Crippen LogP contribution in [0.5, 0.6) is 0 Å². The molecule has 0 aromatic carbocycles. The molecule has 1 aromatic heterocycles. The highest BCUT2D eigenvalue weighted by atomic mass is 16.7. The molecule has 2 fully saturated rings. The molecule has 98 valence electrons. The second kappa shape index (κ2) is 3.56. The number of nitrogens with zero attached hydrogens (tertiary/aromatic N) is 2. The van der Waals surface area contributed by atoms with Crippen molar-refractivity contribution in [2.24, 2.45) is 22.9 Å². The molecule has 2 saturated carbocycles. The molecule has 2 heterocycles. The minimum atomic E-state index is -1.12. The van der Waals surface area contributed by atoms with Crippen molar-refractivity contribution in [3.63, 3.8) is 0 Å². The first-order valence-corrected chi connectivity index (χ1v) is 6.63. The molecule has 5 nitrogen and oxygen atoms in total. The fourth-order valence-electron chi connectivity index (χ4n) is 4.15. The van der Waals surface area contributed by atoms with Gasteiger partial charge in [0.1, 0.15) is 0 Å². The highest BCUT2D eigenvalue weighted by molar-refractivity contribution is 6.07. The predicted octanol–water partition coefficient (Wildman–Crippen LogP) is 1.69. The van der Waals surface area contributed by atoms with E-state index in [1.54, 1.807) is 12.4 Å². The smallest absolute Gasteiger partial charge is 0.351 e. The first kappa shape index (κ1) is 11.0. The van der Waals surface area contributed by atoms with Crippen LogP contribution in [0.4, 0.5) is 0 Å². The van der Waals surface area contributed by atoms with E-state index in [0.29, 0.717) is 5.92 Å². The molecule has 0 amide bonds. The molecular weight excluding hydrogens is 244 g/mol. The van der Waals surface area contributed by atoms with Gasteiger partial charge < -0.3 is 9.94 Å². The third kappa shape index (κ3) is 1.22. The van der Waals surface area contributed by atoms with E-state index in [4.69, 9.17) is 4.84 Å². The lowest BCUT2D eigenvalue weighted by Crippen LogP contribution is -2.51. The van der Waals surface area contributed by atoms with Crippen molar-refractivity contribution in [3.8, 4) is 0 Å². The van der Waals surface area contributed by atoms with Crippen LogP contribution < -0.4 is 0 Å². The van der Waals surface area contributed by atoms with Gasteiger partial charge in [-0.05, 0) is 37.3 Å². The van der Waals surface area contributed by atoms with Gasteiger partial charge >= 0.3 is 5.97 Å². The van der Waals surface area contributed by atoms with Crippen LogP contribution in [0.15, 0.2) is 29.7 Å². The maximum Gasteiger partial charge on any atom is 0.351 e. The number of rotatable bonds is 2. The van der Waals surface area contributed by atoms with Gasteiger partial charge in [-0.1, -0.05) is 5.16 Å². The summed E-state index contributed by atoms with van der Waals surface area (Å²) in [7, 11) is 0. The summed E-state index contributed by atoms with van der Waals surface area (Å²) in [6.07, 6.45) is 6.38. The van der Waals surface area contributed by atoms with Gasteiger partial charge in [0.25, 0.3) is 0 Å². The minimum Gasteiger partial charge on any atom is -0.478 e. The number of hydrogen-bond donors (Lipinski definition) is 1. The molecule has 1 N–H and O–H groups in total. The van der Waals surface area contributed by atoms with E-state index in [9.17, 15) is 9.90 Å². The number of fused-ring (bicyclic) bond motifs is 5. The highest BCUT2D eigenvalue weighted by Crippen LogP contribution is 2.59. The van der Waals surface area contributed by atoms with Gasteiger partial charge in [-0.15, -0.1) is 0 Å². The number of carbonyl (C=O) groups is 1. The van der Waals surface area contributed by atoms with Crippen LogP contribution >= 0.6 is 0 Å². The number of pyridine rings is 1. The SMILES string of the molecule is O=C(O)[C@]12ON=C(c3cccnc3)C1C1CCC2C1. The summed E-state index contributed by atoms with van der Waals surface area (Å²) in [6, 6.07) is 3.75. The molecular formula is C14H14N2O3. The van der Waals surface area contributed by atoms with Crippen molar-refractivity contribution in [2.75, 3.05) is 0 Å². The van der Waals surface area contributed by atoms with E-state index >= 15 is 0 Å². The van der Waals surface area contributed by atoms with Crippen LogP contribution in [-0.2, 0) is 9.63 Å². The summed E-state index contributed by atoms with van der Waals surface area (Å²) in [5, 5.41) is 13.8. The van der Waals surface area contributed by atoms with Crippen LogP contribution in [-0.4, -0.2) is 27.4 Å². The third-order valence-corrected chi connectivity index (χ3v) is 4.89. The zero-order chi connectivity index (χ0) is 13.0. The van der Waals surface area contributed by atoms with Gasteiger partial charge in [-0.25, -0.2) is 4.79 Å². The molecule has 19 heavy (non-hydrogen) atoms. The molecule has 4 rings (SSSR count). The maximum absolute atomic E-state index is 11.8. The average Bonchev–Trinajstić information content (AvgIpc) is 3.11. The first-order chi connectivity index (χ1) is 9.23. The Bertz CT molecular complexity index is 571. The van der Waals surface area contributed by atoms with E-state index < -0.39 is 11.6 Å². The van der Waals surface area contributed by atoms with Crippen LogP contribution in [0, 0.1) is 17.8 Å². The molecule has 2 bridgehead atoms. The second-order valence-electron chi connectivity index (χ2n) is 5.66. The van der Waals surface area contributed by atoms with Gasteiger partial charge in [-0.3, -0.25) is 4.98 Å². The van der Waals surface area contributed by atoms with Crippen LogP contribution in [0.1, 0.15) is 24.8 Å². The predicted molar refractivity (Wildman–Crippen MR) is 66.5 cm³/mol.